The highest BCUT2D eigenvalue weighted by molar-refractivity contribution is 9.10. The average Bonchev–Trinajstić information content (AvgIpc) is 2.67. The zero-order valence-corrected chi connectivity index (χ0v) is 20.5. The van der Waals surface area contributed by atoms with E-state index in [0.717, 1.165) is 17.6 Å². The molecule has 0 aliphatic carbocycles. The lowest BCUT2D eigenvalue weighted by molar-refractivity contribution is 0.0587. The number of ether oxygens (including phenoxy) is 2. The third-order valence-corrected chi connectivity index (χ3v) is 5.87. The maximum absolute atomic E-state index is 12.8. The molecule has 0 spiro atoms. The highest BCUT2D eigenvalue weighted by atomic mass is 79.9. The normalized spacial score (nSPS) is 11.6. The van der Waals surface area contributed by atoms with Gasteiger partial charge in [-0.1, -0.05) is 17.7 Å². The Kier molecular flexibility index (Phi) is 7.38. The van der Waals surface area contributed by atoms with Crippen LogP contribution in [-0.2, 0) is 19.6 Å². The zero-order chi connectivity index (χ0) is 23.6. The van der Waals surface area contributed by atoms with Crippen LogP contribution in [0.2, 0.25) is 0 Å². The molecule has 168 valence electrons. The van der Waals surface area contributed by atoms with Gasteiger partial charge in [-0.3, -0.25) is 4.90 Å². The third-order valence-electron chi connectivity index (χ3n) is 4.01. The molecule has 1 amide bonds. The molecule has 0 N–H and O–H groups in total. The van der Waals surface area contributed by atoms with Gasteiger partial charge in [-0.15, -0.1) is 0 Å². The van der Waals surface area contributed by atoms with Gasteiger partial charge in [0.1, 0.15) is 16.1 Å². The van der Waals surface area contributed by atoms with Gasteiger partial charge in [0.15, 0.2) is 5.75 Å². The van der Waals surface area contributed by atoms with Crippen LogP contribution in [0.3, 0.4) is 0 Å². The molecule has 0 aromatic heterocycles. The van der Waals surface area contributed by atoms with Gasteiger partial charge in [-0.25, -0.2) is 9.59 Å². The van der Waals surface area contributed by atoms with Gasteiger partial charge in [-0.2, -0.15) is 8.42 Å². The fraction of sp³-hybridized carbons (Fsp3) is 0.333. The van der Waals surface area contributed by atoms with Crippen molar-refractivity contribution in [2.45, 2.75) is 38.2 Å². The van der Waals surface area contributed by atoms with Crippen molar-refractivity contribution in [1.29, 1.82) is 0 Å². The predicted octanol–water partition coefficient (Wildman–Crippen LogP) is 4.68. The molecule has 2 aromatic carbocycles. The smallest absolute Gasteiger partial charge is 0.414 e. The summed E-state index contributed by atoms with van der Waals surface area (Å²) in [5.74, 6) is -1.19. The largest absolute Gasteiger partial charge is 0.465 e. The van der Waals surface area contributed by atoms with Crippen molar-refractivity contribution < 1.29 is 31.7 Å². The number of carbonyl (C=O) groups is 2. The van der Waals surface area contributed by atoms with Gasteiger partial charge in [0.2, 0.25) is 0 Å². The van der Waals surface area contributed by atoms with E-state index in [-0.39, 0.29) is 26.4 Å². The van der Waals surface area contributed by atoms with Gasteiger partial charge in [-0.05, 0) is 67.9 Å². The van der Waals surface area contributed by atoms with E-state index in [1.54, 1.807) is 32.9 Å². The van der Waals surface area contributed by atoms with E-state index < -0.39 is 27.8 Å². The van der Waals surface area contributed by atoms with Gasteiger partial charge >= 0.3 is 22.2 Å². The third kappa shape index (κ3) is 5.98. The summed E-state index contributed by atoms with van der Waals surface area (Å²) in [4.78, 5) is 26.1. The Morgan fingerprint density at radius 2 is 1.61 bits per heavy atom. The zero-order valence-electron chi connectivity index (χ0n) is 18.1. The molecule has 10 heteroatoms. The number of hydrogen-bond acceptors (Lipinski definition) is 7. The van der Waals surface area contributed by atoms with E-state index >= 15 is 0 Å². The SMILES string of the molecule is COC(=O)c1c(N(C)C(=O)OC(C)(C)C)ccc(Br)c1OS(=O)(=O)c1ccc(C)cc1. The molecule has 0 aliphatic rings. The topological polar surface area (TPSA) is 99.2 Å². The minimum atomic E-state index is -4.28. The lowest BCUT2D eigenvalue weighted by Gasteiger charge is -2.26. The predicted molar refractivity (Wildman–Crippen MR) is 119 cm³/mol. The molecule has 31 heavy (non-hydrogen) atoms. The summed E-state index contributed by atoms with van der Waals surface area (Å²) in [7, 11) is -1.75. The molecule has 0 fully saturated rings. The highest BCUT2D eigenvalue weighted by Crippen LogP contribution is 2.38. The van der Waals surface area contributed by atoms with E-state index in [0.29, 0.717) is 0 Å². The number of carbonyl (C=O) groups excluding carboxylic acids is 2. The molecular weight excluding hydrogens is 490 g/mol. The molecule has 0 heterocycles. The molecule has 0 aliphatic heterocycles. The number of nitrogens with zero attached hydrogens (tertiary/aromatic N) is 1. The molecule has 2 aromatic rings. The Balaban J connectivity index is 2.59. The number of hydrogen-bond donors (Lipinski definition) is 0. The van der Waals surface area contributed by atoms with Crippen LogP contribution < -0.4 is 9.08 Å². The second-order valence-electron chi connectivity index (χ2n) is 7.65. The van der Waals surface area contributed by atoms with Crippen molar-refractivity contribution >= 4 is 43.8 Å². The van der Waals surface area contributed by atoms with Gasteiger partial charge in [0.25, 0.3) is 0 Å². The van der Waals surface area contributed by atoms with E-state index in [1.165, 1.54) is 31.3 Å². The minimum absolute atomic E-state index is 0.0541. The van der Waals surface area contributed by atoms with E-state index in [4.69, 9.17) is 13.7 Å². The van der Waals surface area contributed by atoms with Gasteiger partial charge < -0.3 is 13.7 Å². The van der Waals surface area contributed by atoms with Crippen LogP contribution in [-0.4, -0.2) is 40.2 Å². The molecule has 0 radical (unpaired) electrons. The monoisotopic (exact) mass is 513 g/mol. The van der Waals surface area contributed by atoms with Crippen LogP contribution in [0.25, 0.3) is 0 Å². The van der Waals surface area contributed by atoms with Crippen molar-refractivity contribution in [1.82, 2.24) is 0 Å². The average molecular weight is 514 g/mol. The van der Waals surface area contributed by atoms with Crippen LogP contribution in [0.1, 0.15) is 36.7 Å². The van der Waals surface area contributed by atoms with Gasteiger partial charge in [0.05, 0.1) is 17.3 Å². The quantitative estimate of drug-likeness (QED) is 0.422. The molecular formula is C21H24BrNO7S. The number of aryl methyl sites for hydroxylation is 1. The minimum Gasteiger partial charge on any atom is -0.465 e. The standard InChI is InChI=1S/C21H24BrNO7S/c1-13-7-9-14(10-8-13)31(26,27)30-18-15(22)11-12-16(17(18)19(24)28-6)23(5)20(25)29-21(2,3)4/h7-12H,1-6H3. The Bertz CT molecular complexity index is 1090. The Morgan fingerprint density at radius 3 is 2.13 bits per heavy atom. The Labute approximate surface area is 190 Å². The first-order valence-corrected chi connectivity index (χ1v) is 11.4. The lowest BCUT2D eigenvalue weighted by Crippen LogP contribution is -2.35. The molecule has 2 rings (SSSR count). The summed E-state index contributed by atoms with van der Waals surface area (Å²) in [6.45, 7) is 6.91. The lowest BCUT2D eigenvalue weighted by atomic mass is 10.1. The maximum Gasteiger partial charge on any atom is 0.414 e. The Morgan fingerprint density at radius 1 is 1.03 bits per heavy atom. The summed E-state index contributed by atoms with van der Waals surface area (Å²) < 4.78 is 41.3. The number of benzene rings is 2. The molecule has 0 saturated carbocycles. The first kappa shape index (κ1) is 24.7. The molecule has 0 saturated heterocycles. The van der Waals surface area contributed by atoms with E-state index in [1.807, 2.05) is 6.92 Å². The van der Waals surface area contributed by atoms with Crippen LogP contribution >= 0.6 is 15.9 Å². The fourth-order valence-electron chi connectivity index (χ4n) is 2.50. The van der Waals surface area contributed by atoms with Crippen molar-refractivity contribution in [3.63, 3.8) is 0 Å². The van der Waals surface area contributed by atoms with E-state index in [2.05, 4.69) is 15.9 Å². The van der Waals surface area contributed by atoms with E-state index in [9.17, 15) is 18.0 Å². The van der Waals surface area contributed by atoms with Crippen molar-refractivity contribution in [3.05, 3.63) is 52.0 Å². The van der Waals surface area contributed by atoms with Crippen molar-refractivity contribution in [3.8, 4) is 5.75 Å². The van der Waals surface area contributed by atoms with Crippen molar-refractivity contribution in [2.24, 2.45) is 0 Å². The summed E-state index contributed by atoms with van der Waals surface area (Å²) in [6.07, 6.45) is -0.743. The summed E-state index contributed by atoms with van der Waals surface area (Å²) in [5, 5.41) is 0. The second-order valence-corrected chi connectivity index (χ2v) is 10.1. The molecule has 0 bridgehead atoms. The number of halogens is 1. The number of esters is 1. The number of anilines is 1. The first-order valence-electron chi connectivity index (χ1n) is 9.15. The summed E-state index contributed by atoms with van der Waals surface area (Å²) in [5.41, 5.74) is -0.101. The maximum atomic E-state index is 12.8. The number of methoxy groups -OCH3 is 1. The van der Waals surface area contributed by atoms with Crippen LogP contribution in [0, 0.1) is 6.92 Å². The molecule has 8 nitrogen and oxygen atoms in total. The second kappa shape index (κ2) is 9.27. The summed E-state index contributed by atoms with van der Waals surface area (Å²) >= 11 is 3.22. The Hall–Kier alpha value is -2.59. The van der Waals surface area contributed by atoms with Gasteiger partial charge in [0, 0.05) is 7.05 Å². The molecule has 0 unspecified atom stereocenters. The van der Waals surface area contributed by atoms with Crippen LogP contribution in [0.15, 0.2) is 45.8 Å². The number of rotatable bonds is 5. The highest BCUT2D eigenvalue weighted by Gasteiger charge is 2.31. The van der Waals surface area contributed by atoms with Crippen molar-refractivity contribution in [2.75, 3.05) is 19.1 Å². The van der Waals surface area contributed by atoms with Crippen LogP contribution in [0.4, 0.5) is 10.5 Å². The van der Waals surface area contributed by atoms with Crippen LogP contribution in [0.5, 0.6) is 5.75 Å². The fourth-order valence-corrected chi connectivity index (χ4v) is 3.98. The molecule has 0 atom stereocenters. The first-order chi connectivity index (χ1) is 14.3. The number of amides is 1. The summed E-state index contributed by atoms with van der Waals surface area (Å²) in [6, 6.07) is 8.95.